The number of pyridine rings is 1. The molecule has 0 spiro atoms. The molecule has 2 aromatic heterocycles. The number of carbonyl (C=O) groups is 2. The molecule has 0 bridgehead atoms. The number of amides is 1. The van der Waals surface area contributed by atoms with Crippen molar-refractivity contribution in [3.05, 3.63) is 89.5 Å². The molecule has 0 saturated heterocycles. The molecule has 7 nitrogen and oxygen atoms in total. The van der Waals surface area contributed by atoms with Crippen LogP contribution < -0.4 is 15.4 Å². The van der Waals surface area contributed by atoms with Gasteiger partial charge in [-0.15, -0.1) is 0 Å². The number of ketones is 1. The molecule has 0 saturated carbocycles. The Morgan fingerprint density at radius 1 is 1.14 bits per heavy atom. The normalized spacial score (nSPS) is 14.8. The molecule has 1 aliphatic carbocycles. The van der Waals surface area contributed by atoms with Crippen molar-refractivity contribution < 1.29 is 18.7 Å². The molecular weight excluding hydrogens is 459 g/mol. The van der Waals surface area contributed by atoms with Crippen molar-refractivity contribution in [3.8, 4) is 17.0 Å². The number of ether oxygens (including phenoxy) is 1. The summed E-state index contributed by atoms with van der Waals surface area (Å²) in [4.78, 5) is 33.6. The third-order valence-electron chi connectivity index (χ3n) is 6.35. The number of benzene rings is 2. The van der Waals surface area contributed by atoms with Gasteiger partial charge < -0.3 is 20.4 Å². The highest BCUT2D eigenvalue weighted by Gasteiger charge is 2.31. The molecule has 2 heterocycles. The van der Waals surface area contributed by atoms with E-state index < -0.39 is 11.7 Å². The Morgan fingerprint density at radius 3 is 2.69 bits per heavy atom. The Hall–Kier alpha value is -4.46. The van der Waals surface area contributed by atoms with Crippen LogP contribution in [0, 0.1) is 11.7 Å². The van der Waals surface area contributed by atoms with Gasteiger partial charge in [0.05, 0.1) is 24.1 Å². The Morgan fingerprint density at radius 2 is 1.94 bits per heavy atom. The van der Waals surface area contributed by atoms with E-state index in [1.807, 2.05) is 43.3 Å². The van der Waals surface area contributed by atoms with E-state index in [0.29, 0.717) is 17.1 Å². The Labute approximate surface area is 207 Å². The lowest BCUT2D eigenvalue weighted by molar-refractivity contribution is 0.0914. The van der Waals surface area contributed by atoms with Crippen LogP contribution >= 0.6 is 0 Å². The third-order valence-corrected chi connectivity index (χ3v) is 6.35. The number of anilines is 3. The van der Waals surface area contributed by atoms with Gasteiger partial charge in [0.2, 0.25) is 0 Å². The number of aromatic amines is 1. The highest BCUT2D eigenvalue weighted by molar-refractivity contribution is 6.08. The summed E-state index contributed by atoms with van der Waals surface area (Å²) in [6.45, 7) is 1.95. The number of methoxy groups -OCH3 is 1. The highest BCUT2D eigenvalue weighted by atomic mass is 19.1. The van der Waals surface area contributed by atoms with Crippen LogP contribution in [-0.4, -0.2) is 28.8 Å². The molecule has 2 aromatic carbocycles. The molecule has 1 atom stereocenters. The molecule has 3 N–H and O–H groups in total. The number of fused-ring (bicyclic) bond motifs is 1. The highest BCUT2D eigenvalue weighted by Crippen LogP contribution is 2.40. The van der Waals surface area contributed by atoms with E-state index >= 15 is 0 Å². The molecule has 182 valence electrons. The molecule has 1 amide bonds. The fourth-order valence-corrected chi connectivity index (χ4v) is 4.41. The van der Waals surface area contributed by atoms with E-state index in [0.717, 1.165) is 41.5 Å². The molecule has 36 heavy (non-hydrogen) atoms. The number of rotatable bonds is 6. The second-order valence-electron chi connectivity index (χ2n) is 8.76. The minimum absolute atomic E-state index is 0.0599. The maximum absolute atomic E-state index is 14.1. The number of aryl methyl sites for hydroxylation is 1. The van der Waals surface area contributed by atoms with E-state index in [1.54, 1.807) is 12.3 Å². The van der Waals surface area contributed by atoms with Gasteiger partial charge >= 0.3 is 0 Å². The van der Waals surface area contributed by atoms with Gasteiger partial charge in [-0.25, -0.2) is 9.37 Å². The number of Topliss-reactive ketones (excluding diaryl/α,β-unsaturated/α-hetero) is 1. The summed E-state index contributed by atoms with van der Waals surface area (Å²) in [5.41, 5.74) is 4.74. The van der Waals surface area contributed by atoms with Crippen LogP contribution in [0.15, 0.2) is 66.9 Å². The number of hydrogen-bond donors (Lipinski definition) is 3. The monoisotopic (exact) mass is 484 g/mol. The number of nitrogens with one attached hydrogen (secondary N) is 3. The standard InChI is InChI=1S/C28H25FN4O3/c1-16-8-10-21-24(27(16)34)26(31-19-6-4-3-5-7-19)25(32-21)17-12-13-30-23(15-17)33-28(35)18-9-11-22(36-2)20(29)14-18/h3-7,9,11-16,31-32H,8,10H2,1-2H3,(H,30,33,35). The Balaban J connectivity index is 1.50. The molecule has 0 aliphatic heterocycles. The van der Waals surface area contributed by atoms with Crippen molar-refractivity contribution in [2.75, 3.05) is 17.7 Å². The lowest BCUT2D eigenvalue weighted by Crippen LogP contribution is -2.20. The summed E-state index contributed by atoms with van der Waals surface area (Å²) in [6, 6.07) is 17.2. The van der Waals surface area contributed by atoms with Crippen LogP contribution in [0.5, 0.6) is 5.75 Å². The van der Waals surface area contributed by atoms with Gasteiger partial charge in [-0.3, -0.25) is 9.59 Å². The zero-order valence-corrected chi connectivity index (χ0v) is 19.9. The van der Waals surface area contributed by atoms with E-state index in [1.165, 1.54) is 19.2 Å². The number of halogens is 1. The van der Waals surface area contributed by atoms with E-state index in [4.69, 9.17) is 4.74 Å². The van der Waals surface area contributed by atoms with E-state index in [9.17, 15) is 14.0 Å². The lowest BCUT2D eigenvalue weighted by Gasteiger charge is -2.18. The molecule has 1 aliphatic rings. The molecule has 8 heteroatoms. The number of carbonyl (C=O) groups excluding carboxylic acids is 2. The minimum atomic E-state index is -0.626. The summed E-state index contributed by atoms with van der Waals surface area (Å²) in [5.74, 6) is -0.731. The third kappa shape index (κ3) is 4.45. The maximum Gasteiger partial charge on any atom is 0.256 e. The first-order valence-corrected chi connectivity index (χ1v) is 11.7. The average Bonchev–Trinajstić information content (AvgIpc) is 3.25. The van der Waals surface area contributed by atoms with E-state index in [2.05, 4.69) is 20.6 Å². The molecule has 0 radical (unpaired) electrons. The van der Waals surface area contributed by atoms with Crippen LogP contribution in [0.3, 0.4) is 0 Å². The topological polar surface area (TPSA) is 96.1 Å². The van der Waals surface area contributed by atoms with Gasteiger partial charge in [-0.1, -0.05) is 25.1 Å². The Bertz CT molecular complexity index is 1450. The molecule has 5 rings (SSSR count). The van der Waals surface area contributed by atoms with Crippen LogP contribution in [0.4, 0.5) is 21.6 Å². The number of aromatic nitrogens is 2. The van der Waals surface area contributed by atoms with Gasteiger partial charge in [0.15, 0.2) is 17.3 Å². The predicted molar refractivity (Wildman–Crippen MR) is 136 cm³/mol. The molecular formula is C28H25FN4O3. The minimum Gasteiger partial charge on any atom is -0.494 e. The largest absolute Gasteiger partial charge is 0.494 e. The number of nitrogens with zero attached hydrogens (tertiary/aromatic N) is 1. The zero-order valence-electron chi connectivity index (χ0n) is 19.9. The van der Waals surface area contributed by atoms with Gasteiger partial charge in [-0.05, 0) is 55.3 Å². The Kier molecular flexibility index (Phi) is 6.25. The van der Waals surface area contributed by atoms with Crippen LogP contribution in [0.2, 0.25) is 0 Å². The van der Waals surface area contributed by atoms with Crippen molar-refractivity contribution in [1.82, 2.24) is 9.97 Å². The van der Waals surface area contributed by atoms with Gasteiger partial charge in [0.1, 0.15) is 5.82 Å². The predicted octanol–water partition coefficient (Wildman–Crippen LogP) is 5.99. The van der Waals surface area contributed by atoms with Gasteiger partial charge in [-0.2, -0.15) is 0 Å². The number of hydrogen-bond acceptors (Lipinski definition) is 5. The second kappa shape index (κ2) is 9.65. The lowest BCUT2D eigenvalue weighted by atomic mass is 9.87. The fraction of sp³-hybridized carbons (Fsp3) is 0.179. The average molecular weight is 485 g/mol. The number of H-pyrrole nitrogens is 1. The molecule has 1 unspecified atom stereocenters. The summed E-state index contributed by atoms with van der Waals surface area (Å²) in [6.07, 6.45) is 3.13. The molecule has 0 fully saturated rings. The van der Waals surface area contributed by atoms with Crippen molar-refractivity contribution in [2.45, 2.75) is 19.8 Å². The van der Waals surface area contributed by atoms with Crippen LogP contribution in [0.1, 0.15) is 39.8 Å². The second-order valence-corrected chi connectivity index (χ2v) is 8.76. The summed E-state index contributed by atoms with van der Waals surface area (Å²) >= 11 is 0. The van der Waals surface area contributed by atoms with Crippen LogP contribution in [-0.2, 0) is 6.42 Å². The fourth-order valence-electron chi connectivity index (χ4n) is 4.41. The summed E-state index contributed by atoms with van der Waals surface area (Å²) in [7, 11) is 1.36. The van der Waals surface area contributed by atoms with Gasteiger partial charge in [0, 0.05) is 34.6 Å². The SMILES string of the molecule is COc1ccc(C(=O)Nc2cc(-c3[nH]c4c(c3Nc3ccccc3)C(=O)C(C)CC4)ccn2)cc1F. The van der Waals surface area contributed by atoms with E-state index in [-0.39, 0.29) is 23.0 Å². The number of para-hydroxylation sites is 1. The molecule has 4 aromatic rings. The van der Waals surface area contributed by atoms with Crippen molar-refractivity contribution in [1.29, 1.82) is 0 Å². The summed E-state index contributed by atoms with van der Waals surface area (Å²) in [5, 5.41) is 6.14. The van der Waals surface area contributed by atoms with Crippen LogP contribution in [0.25, 0.3) is 11.3 Å². The first-order chi connectivity index (χ1) is 17.4. The first kappa shape index (κ1) is 23.3. The van der Waals surface area contributed by atoms with Crippen molar-refractivity contribution in [2.24, 2.45) is 5.92 Å². The van der Waals surface area contributed by atoms with Crippen molar-refractivity contribution in [3.63, 3.8) is 0 Å². The first-order valence-electron chi connectivity index (χ1n) is 11.7. The summed E-state index contributed by atoms with van der Waals surface area (Å²) < 4.78 is 19.0. The van der Waals surface area contributed by atoms with Crippen molar-refractivity contribution >= 4 is 28.9 Å². The maximum atomic E-state index is 14.1. The quantitative estimate of drug-likeness (QED) is 0.313. The zero-order chi connectivity index (χ0) is 25.2. The van der Waals surface area contributed by atoms with Gasteiger partial charge in [0.25, 0.3) is 5.91 Å². The smallest absolute Gasteiger partial charge is 0.256 e.